The van der Waals surface area contributed by atoms with Crippen LogP contribution in [-0.4, -0.2) is 53.1 Å². The van der Waals surface area contributed by atoms with E-state index in [0.29, 0.717) is 4.90 Å². The molecule has 0 spiro atoms. The van der Waals surface area contributed by atoms with E-state index in [1.807, 2.05) is 84.9 Å². The third-order valence-electron chi connectivity index (χ3n) is 7.34. The molecule has 1 unspecified atom stereocenters. The summed E-state index contributed by atoms with van der Waals surface area (Å²) in [7, 11) is 0. The van der Waals surface area contributed by atoms with Gasteiger partial charge in [0.15, 0.2) is 6.04 Å². The highest BCUT2D eigenvalue weighted by Crippen LogP contribution is 2.45. The second kappa shape index (κ2) is 12.8. The molecule has 3 amide bonds. The molecule has 220 valence electrons. The van der Waals surface area contributed by atoms with E-state index in [-0.39, 0.29) is 22.3 Å². The van der Waals surface area contributed by atoms with E-state index in [2.05, 4.69) is 5.32 Å². The Kier molecular flexibility index (Phi) is 8.53. The van der Waals surface area contributed by atoms with Gasteiger partial charge in [-0.3, -0.25) is 14.5 Å². The topological polar surface area (TPSA) is 113 Å². The van der Waals surface area contributed by atoms with E-state index >= 15 is 0 Å². The number of carboxylic acid groups (broad SMARTS) is 1. The Bertz CT molecular complexity index is 1670. The number of thioether (sulfide) groups is 2. The first-order chi connectivity index (χ1) is 21.4. The number of alkyl carbamates (subject to hydrolysis) is 1. The zero-order valence-electron chi connectivity index (χ0n) is 23.2. The molecule has 2 aliphatic rings. The fourth-order valence-electron chi connectivity index (χ4n) is 5.30. The van der Waals surface area contributed by atoms with E-state index in [1.54, 1.807) is 24.3 Å². The maximum atomic E-state index is 13.7. The molecule has 4 aromatic carbocycles. The number of aliphatic carboxylic acids is 1. The van der Waals surface area contributed by atoms with Crippen LogP contribution in [-0.2, 0) is 19.1 Å². The Labute approximate surface area is 262 Å². The molecule has 0 aromatic heterocycles. The highest BCUT2D eigenvalue weighted by atomic mass is 32.2. The van der Waals surface area contributed by atoms with Gasteiger partial charge in [-0.25, -0.2) is 9.59 Å². The highest BCUT2D eigenvalue weighted by molar-refractivity contribution is 8.08. The molecular formula is C34H26N2O6S2. The largest absolute Gasteiger partial charge is 0.480 e. The van der Waals surface area contributed by atoms with Crippen molar-refractivity contribution in [3.63, 3.8) is 0 Å². The minimum Gasteiger partial charge on any atom is -0.480 e. The number of carbonyl (C=O) groups is 4. The van der Waals surface area contributed by atoms with Crippen molar-refractivity contribution in [1.82, 2.24) is 10.2 Å². The minimum atomic E-state index is -1.64. The Morgan fingerprint density at radius 2 is 1.18 bits per heavy atom. The summed E-state index contributed by atoms with van der Waals surface area (Å²) in [5.74, 6) is -3.07. The van der Waals surface area contributed by atoms with Crippen LogP contribution in [0.2, 0.25) is 0 Å². The van der Waals surface area contributed by atoms with Gasteiger partial charge in [0.05, 0.1) is 16.4 Å². The van der Waals surface area contributed by atoms with Gasteiger partial charge >= 0.3 is 12.1 Å². The lowest BCUT2D eigenvalue weighted by Crippen LogP contribution is -2.51. The molecule has 1 aliphatic carbocycles. The summed E-state index contributed by atoms with van der Waals surface area (Å²) >= 11 is 2.20. The van der Waals surface area contributed by atoms with Crippen molar-refractivity contribution in [3.05, 3.63) is 130 Å². The van der Waals surface area contributed by atoms with Gasteiger partial charge in [0.1, 0.15) is 6.61 Å². The van der Waals surface area contributed by atoms with E-state index in [0.717, 1.165) is 55.6 Å². The lowest BCUT2D eigenvalue weighted by Gasteiger charge is -2.23. The molecule has 0 fully saturated rings. The van der Waals surface area contributed by atoms with Crippen molar-refractivity contribution in [2.75, 3.05) is 13.2 Å². The first-order valence-electron chi connectivity index (χ1n) is 13.8. The van der Waals surface area contributed by atoms with Crippen molar-refractivity contribution < 1.29 is 29.0 Å². The molecule has 6 rings (SSSR count). The molecule has 8 nitrogen and oxygen atoms in total. The number of hydrogen-bond acceptors (Lipinski definition) is 7. The highest BCUT2D eigenvalue weighted by Gasteiger charge is 2.46. The van der Waals surface area contributed by atoms with Crippen LogP contribution in [0.3, 0.4) is 0 Å². The molecule has 10 heteroatoms. The van der Waals surface area contributed by atoms with Crippen molar-refractivity contribution >= 4 is 47.4 Å². The summed E-state index contributed by atoms with van der Waals surface area (Å²) in [5, 5.41) is 12.5. The van der Waals surface area contributed by atoms with E-state index in [1.165, 1.54) is 0 Å². The van der Waals surface area contributed by atoms with Gasteiger partial charge in [-0.1, -0.05) is 108 Å². The average molecular weight is 623 g/mol. The standard InChI is InChI=1S/C34H26N2O6S2/c37-31-29(43-21-11-3-1-4-12-21)30(44-22-13-5-2-6-14-22)32(38)36(31)28(33(39)40)19-35-34(41)42-20-27-25-17-9-7-15-23(25)24-16-8-10-18-26(24)27/h1-18,27-28H,19-20H2,(H,35,41)(H,39,40). The van der Waals surface area contributed by atoms with Gasteiger partial charge in [0, 0.05) is 15.7 Å². The molecule has 1 atom stereocenters. The average Bonchev–Trinajstić information content (AvgIpc) is 3.48. The van der Waals surface area contributed by atoms with E-state index < -0.39 is 36.5 Å². The van der Waals surface area contributed by atoms with Crippen molar-refractivity contribution in [2.45, 2.75) is 21.8 Å². The van der Waals surface area contributed by atoms with Gasteiger partial charge in [-0.05, 0) is 46.5 Å². The molecule has 1 aliphatic heterocycles. The van der Waals surface area contributed by atoms with Crippen LogP contribution in [0.1, 0.15) is 17.0 Å². The molecule has 0 saturated heterocycles. The summed E-state index contributed by atoms with van der Waals surface area (Å²) in [6, 6.07) is 32.3. The maximum absolute atomic E-state index is 13.7. The number of rotatable bonds is 10. The van der Waals surface area contributed by atoms with Crippen molar-refractivity contribution in [3.8, 4) is 11.1 Å². The normalized spacial score (nSPS) is 14.8. The molecular weight excluding hydrogens is 597 g/mol. The SMILES string of the molecule is O=C(NCC(C(=O)O)N1C(=O)C(Sc2ccccc2)=C(Sc2ccccc2)C1=O)OCC1c2ccccc2-c2ccccc21. The summed E-state index contributed by atoms with van der Waals surface area (Å²) in [4.78, 5) is 54.9. The number of ether oxygens (including phenoxy) is 1. The summed E-state index contributed by atoms with van der Waals surface area (Å²) in [5.41, 5.74) is 4.23. The molecule has 0 bridgehead atoms. The molecule has 0 saturated carbocycles. The zero-order valence-corrected chi connectivity index (χ0v) is 24.8. The molecule has 1 heterocycles. The number of carboxylic acids is 1. The molecule has 2 N–H and O–H groups in total. The van der Waals surface area contributed by atoms with E-state index in [9.17, 15) is 24.3 Å². The van der Waals surface area contributed by atoms with Gasteiger partial charge in [-0.15, -0.1) is 0 Å². The van der Waals surface area contributed by atoms with Gasteiger partial charge in [0.2, 0.25) is 0 Å². The van der Waals surface area contributed by atoms with Crippen molar-refractivity contribution in [2.24, 2.45) is 0 Å². The third kappa shape index (κ3) is 5.86. The molecule has 0 radical (unpaired) electrons. The van der Waals surface area contributed by atoms with Gasteiger partial charge in [0.25, 0.3) is 11.8 Å². The third-order valence-corrected chi connectivity index (χ3v) is 9.65. The summed E-state index contributed by atoms with van der Waals surface area (Å²) < 4.78 is 5.54. The minimum absolute atomic E-state index is 0.0382. The quantitative estimate of drug-likeness (QED) is 0.203. The lowest BCUT2D eigenvalue weighted by atomic mass is 9.98. The monoisotopic (exact) mass is 622 g/mol. The summed E-state index contributed by atoms with van der Waals surface area (Å²) in [6.45, 7) is -0.480. The first-order valence-corrected chi connectivity index (χ1v) is 15.4. The van der Waals surface area contributed by atoms with Gasteiger partial charge in [-0.2, -0.15) is 0 Å². The smallest absolute Gasteiger partial charge is 0.407 e. The number of nitrogens with one attached hydrogen (secondary N) is 1. The number of imide groups is 1. The second-order valence-corrected chi connectivity index (χ2v) is 12.2. The van der Waals surface area contributed by atoms with Crippen LogP contribution in [0.4, 0.5) is 4.79 Å². The lowest BCUT2D eigenvalue weighted by molar-refractivity contribution is -0.153. The van der Waals surface area contributed by atoms with Crippen LogP contribution < -0.4 is 5.32 Å². The molecule has 44 heavy (non-hydrogen) atoms. The Balaban J connectivity index is 1.16. The fraction of sp³-hybridized carbons (Fsp3) is 0.118. The Hall–Kier alpha value is -4.80. The van der Waals surface area contributed by atoms with Crippen LogP contribution in [0, 0.1) is 0 Å². The zero-order chi connectivity index (χ0) is 30.6. The predicted molar refractivity (Wildman–Crippen MR) is 168 cm³/mol. The Morgan fingerprint density at radius 3 is 1.66 bits per heavy atom. The number of amides is 3. The number of fused-ring (bicyclic) bond motifs is 3. The van der Waals surface area contributed by atoms with Crippen molar-refractivity contribution in [1.29, 1.82) is 0 Å². The number of benzene rings is 4. The molecule has 4 aromatic rings. The van der Waals surface area contributed by atoms with Gasteiger partial charge < -0.3 is 15.2 Å². The van der Waals surface area contributed by atoms with Crippen LogP contribution in [0.5, 0.6) is 0 Å². The number of carbonyl (C=O) groups excluding carboxylic acids is 3. The second-order valence-electron chi connectivity index (χ2n) is 10.0. The summed E-state index contributed by atoms with van der Waals surface area (Å²) in [6.07, 6.45) is -0.845. The number of hydrogen-bond donors (Lipinski definition) is 2. The van der Waals surface area contributed by atoms with Crippen LogP contribution in [0.25, 0.3) is 11.1 Å². The Morgan fingerprint density at radius 1 is 0.727 bits per heavy atom. The maximum Gasteiger partial charge on any atom is 0.407 e. The van der Waals surface area contributed by atoms with Crippen LogP contribution in [0.15, 0.2) is 129 Å². The fourth-order valence-corrected chi connectivity index (χ4v) is 7.34. The first kappa shape index (κ1) is 29.3. The number of nitrogens with zero attached hydrogens (tertiary/aromatic N) is 1. The predicted octanol–water partition coefficient (Wildman–Crippen LogP) is 6.14. The van der Waals surface area contributed by atoms with Crippen LogP contribution >= 0.6 is 23.5 Å². The van der Waals surface area contributed by atoms with E-state index in [4.69, 9.17) is 4.74 Å².